The van der Waals surface area contributed by atoms with E-state index in [-0.39, 0.29) is 29.5 Å². The van der Waals surface area contributed by atoms with E-state index in [4.69, 9.17) is 25.0 Å². The van der Waals surface area contributed by atoms with Crippen LogP contribution in [0.25, 0.3) is 0 Å². The van der Waals surface area contributed by atoms with Gasteiger partial charge in [0.15, 0.2) is 16.0 Å². The van der Waals surface area contributed by atoms with E-state index in [1.807, 2.05) is 11.8 Å². The maximum Gasteiger partial charge on any atom is 0.417 e. The van der Waals surface area contributed by atoms with Gasteiger partial charge >= 0.3 is 12.1 Å². The first-order valence-electron chi connectivity index (χ1n) is 11.5. The van der Waals surface area contributed by atoms with Crippen molar-refractivity contribution < 1.29 is 37.0 Å². The van der Waals surface area contributed by atoms with Gasteiger partial charge in [-0.25, -0.2) is 23.0 Å². The van der Waals surface area contributed by atoms with Crippen LogP contribution >= 0.6 is 17.9 Å². The van der Waals surface area contributed by atoms with Crippen LogP contribution in [-0.2, 0) is 28.7 Å². The zero-order valence-corrected chi connectivity index (χ0v) is 23.7. The summed E-state index contributed by atoms with van der Waals surface area (Å²) >= 11 is 0. The highest BCUT2D eigenvalue weighted by Crippen LogP contribution is 2.48. The number of fused-ring (bicyclic) bond motifs is 1. The number of guanidine groups is 1. The molecule has 0 saturated carbocycles. The van der Waals surface area contributed by atoms with Crippen LogP contribution in [0.15, 0.2) is 16.3 Å². The average Bonchev–Trinajstić information content (AvgIpc) is 3.35. The molecule has 3 rings (SSSR count). The van der Waals surface area contributed by atoms with Gasteiger partial charge in [0.1, 0.15) is 23.6 Å². The van der Waals surface area contributed by atoms with Gasteiger partial charge in [-0.15, -0.1) is 0 Å². The molecule has 0 aromatic heterocycles. The Morgan fingerprint density at radius 3 is 2.53 bits per heavy atom. The summed E-state index contributed by atoms with van der Waals surface area (Å²) in [5.74, 6) is -2.17. The highest BCUT2D eigenvalue weighted by Gasteiger charge is 2.60. The highest BCUT2D eigenvalue weighted by atomic mass is 32.2. The predicted octanol–water partition coefficient (Wildman–Crippen LogP) is -2.29. The molecule has 0 aromatic carbocycles. The molecule has 4 radical (unpaired) electrons. The monoisotopic (exact) mass is 587 g/mol. The fourth-order valence-corrected chi connectivity index (χ4v) is 5.81. The van der Waals surface area contributed by atoms with E-state index in [2.05, 4.69) is 25.0 Å². The van der Waals surface area contributed by atoms with Crippen LogP contribution in [0.2, 0.25) is 0 Å². The van der Waals surface area contributed by atoms with Gasteiger partial charge in [0, 0.05) is 25.6 Å². The van der Waals surface area contributed by atoms with Crippen molar-refractivity contribution in [1.29, 1.82) is 0 Å². The van der Waals surface area contributed by atoms with Gasteiger partial charge in [0.2, 0.25) is 21.9 Å². The first-order valence-corrected chi connectivity index (χ1v) is 15.2. The molecular formula is C18H29B2N7O8P2S. The molecule has 2 amide bonds. The fourth-order valence-electron chi connectivity index (χ4n) is 4.91. The second-order valence-electron chi connectivity index (χ2n) is 9.05. The number of carbonyl (C=O) groups is 3. The molecule has 3 heterocycles. The Morgan fingerprint density at radius 1 is 1.26 bits per heavy atom. The van der Waals surface area contributed by atoms with Crippen LogP contribution in [0.3, 0.4) is 0 Å². The molecule has 3 aliphatic heterocycles. The van der Waals surface area contributed by atoms with Crippen LogP contribution in [-0.4, -0.2) is 107 Å². The number of nitrogens with zero attached hydrogens (tertiary/aromatic N) is 3. The third-order valence-electron chi connectivity index (χ3n) is 6.37. The highest BCUT2D eigenvalue weighted by molar-refractivity contribution is 7.89. The number of β-lactam (4-membered cyclic amide) rings is 1. The molecule has 206 valence electrons. The van der Waals surface area contributed by atoms with E-state index in [1.54, 1.807) is 6.92 Å². The zero-order valence-electron chi connectivity index (χ0n) is 20.9. The minimum atomic E-state index is -3.75. The lowest BCUT2D eigenvalue weighted by Crippen LogP contribution is -2.63. The maximum atomic E-state index is 12.9. The number of likely N-dealkylation sites (tertiary alicyclic amines) is 1. The summed E-state index contributed by atoms with van der Waals surface area (Å²) < 4.78 is 35.6. The van der Waals surface area contributed by atoms with Gasteiger partial charge < -0.3 is 29.1 Å². The number of hydrogen-bond donors (Lipinski definition) is 5. The van der Waals surface area contributed by atoms with Gasteiger partial charge in [-0.2, -0.15) is 0 Å². The first-order chi connectivity index (χ1) is 17.9. The zero-order chi connectivity index (χ0) is 28.2. The summed E-state index contributed by atoms with van der Waals surface area (Å²) in [7, 11) is 5.51. The van der Waals surface area contributed by atoms with Crippen LogP contribution in [0, 0.1) is 11.8 Å². The third-order valence-corrected chi connectivity index (χ3v) is 7.74. The molecule has 5 N–H and O–H groups in total. The first kappa shape index (κ1) is 30.7. The standard InChI is InChI=1S/C18H29B2N7O8P2S/c1-8-11(14(16(30)34-36-24-19)27-13(8)12(9(2)28)15(27)29)7-26-5-4-10(6-26)21-17(23-38(3,32)33)22-18(31)35-37-25-20/h8-10,12-13,24-25,28,36-37H,4-7H2,1-3H3,(H2,21,22,23,31)/t8-,9+,10-,12?,13+/m0/s1. The van der Waals surface area contributed by atoms with Gasteiger partial charge in [0.05, 0.1) is 30.4 Å². The Morgan fingerprint density at radius 2 is 1.92 bits per heavy atom. The number of rotatable bonds is 10. The molecule has 3 unspecified atom stereocenters. The largest absolute Gasteiger partial charge is 0.428 e. The second kappa shape index (κ2) is 13.0. The summed E-state index contributed by atoms with van der Waals surface area (Å²) in [6.07, 6.45) is -0.379. The molecule has 0 aromatic rings. The smallest absolute Gasteiger partial charge is 0.417 e. The molecule has 0 bridgehead atoms. The van der Waals surface area contributed by atoms with Crippen LogP contribution in [0.5, 0.6) is 0 Å². The Hall–Kier alpha value is -1.80. The van der Waals surface area contributed by atoms with Crippen molar-refractivity contribution in [1.82, 2.24) is 29.8 Å². The topological polar surface area (TPSA) is 191 Å². The van der Waals surface area contributed by atoms with Crippen LogP contribution < -0.4 is 20.0 Å². The summed E-state index contributed by atoms with van der Waals surface area (Å²) in [4.78, 5) is 49.7. The minimum absolute atomic E-state index is 0.150. The van der Waals surface area contributed by atoms with E-state index in [0.717, 1.165) is 6.26 Å². The number of aliphatic hydroxyl groups excluding tert-OH is 1. The molecule has 0 spiro atoms. The Bertz CT molecular complexity index is 1110. The Kier molecular flexibility index (Phi) is 10.5. The van der Waals surface area contributed by atoms with E-state index in [1.165, 1.54) is 4.90 Å². The van der Waals surface area contributed by atoms with E-state index < -0.39 is 58.1 Å². The number of sulfonamides is 1. The van der Waals surface area contributed by atoms with E-state index in [9.17, 15) is 27.9 Å². The molecule has 15 nitrogen and oxygen atoms in total. The lowest BCUT2D eigenvalue weighted by Gasteiger charge is -2.46. The van der Waals surface area contributed by atoms with Crippen LogP contribution in [0.4, 0.5) is 4.79 Å². The van der Waals surface area contributed by atoms with E-state index in [0.29, 0.717) is 31.6 Å². The van der Waals surface area contributed by atoms with Crippen molar-refractivity contribution in [3.05, 3.63) is 11.3 Å². The normalized spacial score (nSPS) is 27.2. The Balaban J connectivity index is 1.77. The lowest BCUT2D eigenvalue weighted by atomic mass is 9.77. The molecule has 7 atom stereocenters. The number of aliphatic imine (C=N–C) groups is 1. The fraction of sp³-hybridized carbons (Fsp3) is 0.667. The van der Waals surface area contributed by atoms with Crippen molar-refractivity contribution in [3.63, 3.8) is 0 Å². The van der Waals surface area contributed by atoms with Crippen molar-refractivity contribution >= 4 is 67.8 Å². The number of aliphatic hydroxyl groups is 1. The maximum absolute atomic E-state index is 12.9. The molecule has 3 aliphatic rings. The lowest BCUT2D eigenvalue weighted by molar-refractivity contribution is -0.162. The number of amides is 2. The van der Waals surface area contributed by atoms with Crippen molar-refractivity contribution in [2.75, 3.05) is 25.9 Å². The summed E-state index contributed by atoms with van der Waals surface area (Å²) in [6.45, 7) is 4.68. The van der Waals surface area contributed by atoms with Gasteiger partial charge in [-0.05, 0) is 18.9 Å². The van der Waals surface area contributed by atoms with Crippen molar-refractivity contribution in [2.45, 2.75) is 38.5 Å². The molecule has 2 fully saturated rings. The molecule has 20 heteroatoms. The predicted molar refractivity (Wildman–Crippen MR) is 142 cm³/mol. The van der Waals surface area contributed by atoms with Crippen molar-refractivity contribution in [2.24, 2.45) is 16.8 Å². The number of hydrogen-bond acceptors (Lipinski definition) is 12. The molecule has 38 heavy (non-hydrogen) atoms. The molecule has 0 aliphatic carbocycles. The van der Waals surface area contributed by atoms with Gasteiger partial charge in [0.25, 0.3) is 0 Å². The second-order valence-corrected chi connectivity index (χ2v) is 12.2. The summed E-state index contributed by atoms with van der Waals surface area (Å²) in [5.41, 5.74) is 0.840. The number of nitrogens with one attached hydrogen (secondary N) is 4. The summed E-state index contributed by atoms with van der Waals surface area (Å²) in [6, 6.07) is -0.760. The van der Waals surface area contributed by atoms with E-state index >= 15 is 0 Å². The molecular weight excluding hydrogens is 558 g/mol. The van der Waals surface area contributed by atoms with Gasteiger partial charge in [-0.1, -0.05) is 6.92 Å². The SMILES string of the molecule is [B]NPOC(=O)NC(=N[C@H]1CCN(CC2=C(C(=O)OPN[B])N3C(=O)C([C@@H](C)O)[C@H]3[C@H]2C)C1)NS(C)(=O)=O. The quantitative estimate of drug-likeness (QED) is 0.0608. The van der Waals surface area contributed by atoms with Gasteiger partial charge in [-0.3, -0.25) is 19.7 Å². The Labute approximate surface area is 227 Å². The van der Waals surface area contributed by atoms with Crippen LogP contribution in [0.1, 0.15) is 20.3 Å². The molecule has 2 saturated heterocycles. The average molecular weight is 587 g/mol. The number of carbonyl (C=O) groups excluding carboxylic acids is 3. The summed E-state index contributed by atoms with van der Waals surface area (Å²) in [5, 5.41) is 12.4. The minimum Gasteiger partial charge on any atom is -0.428 e. The van der Waals surface area contributed by atoms with Crippen molar-refractivity contribution in [3.8, 4) is 0 Å². The third kappa shape index (κ3) is 7.23.